The predicted octanol–water partition coefficient (Wildman–Crippen LogP) is 4.22. The van der Waals surface area contributed by atoms with Gasteiger partial charge in [0.15, 0.2) is 5.78 Å². The van der Waals surface area contributed by atoms with Crippen molar-refractivity contribution >= 4 is 39.4 Å². The van der Waals surface area contributed by atoms with Crippen LogP contribution in [-0.4, -0.2) is 37.2 Å². The molecule has 0 radical (unpaired) electrons. The van der Waals surface area contributed by atoms with Gasteiger partial charge in [-0.2, -0.15) is 0 Å². The van der Waals surface area contributed by atoms with Gasteiger partial charge in [0.1, 0.15) is 5.60 Å². The van der Waals surface area contributed by atoms with E-state index in [2.05, 4.69) is 21.2 Å². The maximum Gasteiger partial charge on any atom is 0.407 e. The summed E-state index contributed by atoms with van der Waals surface area (Å²) in [4.78, 5) is 24.2. The average Bonchev–Trinajstić information content (AvgIpc) is 2.35. The highest BCUT2D eigenvalue weighted by Gasteiger charge is 2.22. The van der Waals surface area contributed by atoms with Gasteiger partial charge < -0.3 is 14.8 Å². The number of hydrogen-bond donors (Lipinski definition) is 1. The van der Waals surface area contributed by atoms with Crippen molar-refractivity contribution in [3.05, 3.63) is 33.3 Å². The van der Waals surface area contributed by atoms with Crippen LogP contribution in [0.3, 0.4) is 0 Å². The Morgan fingerprint density at radius 1 is 1.35 bits per heavy atom. The van der Waals surface area contributed by atoms with Crippen LogP contribution >= 0.6 is 27.5 Å². The van der Waals surface area contributed by atoms with E-state index >= 15 is 0 Å². The van der Waals surface area contributed by atoms with Crippen LogP contribution in [0.15, 0.2) is 22.7 Å². The first kappa shape index (κ1) is 19.9. The van der Waals surface area contributed by atoms with Gasteiger partial charge in [-0.1, -0.05) is 27.5 Å². The lowest BCUT2D eigenvalue weighted by molar-refractivity contribution is 0.0464. The fourth-order valence-electron chi connectivity index (χ4n) is 1.88. The van der Waals surface area contributed by atoms with E-state index in [1.165, 1.54) is 7.11 Å². The van der Waals surface area contributed by atoms with Crippen LogP contribution in [0.1, 0.15) is 37.6 Å². The average molecular weight is 407 g/mol. The number of ether oxygens (including phenoxy) is 2. The summed E-state index contributed by atoms with van der Waals surface area (Å²) in [6, 6.07) is 4.54. The van der Waals surface area contributed by atoms with Crippen LogP contribution < -0.4 is 5.32 Å². The molecule has 5 nitrogen and oxygen atoms in total. The van der Waals surface area contributed by atoms with E-state index in [4.69, 9.17) is 21.1 Å². The quantitative estimate of drug-likeness (QED) is 0.719. The number of carbonyl (C=O) groups excluding carboxylic acids is 2. The molecule has 0 aliphatic carbocycles. The van der Waals surface area contributed by atoms with Gasteiger partial charge in [0, 0.05) is 23.6 Å². The third kappa shape index (κ3) is 7.33. The van der Waals surface area contributed by atoms with Crippen molar-refractivity contribution in [3.63, 3.8) is 0 Å². The lowest BCUT2D eigenvalue weighted by Crippen LogP contribution is -2.42. The van der Waals surface area contributed by atoms with Gasteiger partial charge in [-0.15, -0.1) is 0 Å². The van der Waals surface area contributed by atoms with Crippen LogP contribution in [0.4, 0.5) is 4.79 Å². The lowest BCUT2D eigenvalue weighted by atomic mass is 10.0. The highest BCUT2D eigenvalue weighted by Crippen LogP contribution is 2.23. The molecule has 128 valence electrons. The van der Waals surface area contributed by atoms with E-state index in [-0.39, 0.29) is 18.8 Å². The summed E-state index contributed by atoms with van der Waals surface area (Å²) in [6.45, 7) is 5.50. The zero-order valence-corrected chi connectivity index (χ0v) is 16.0. The van der Waals surface area contributed by atoms with Crippen molar-refractivity contribution in [1.29, 1.82) is 0 Å². The fraction of sp³-hybridized carbons (Fsp3) is 0.500. The first-order chi connectivity index (χ1) is 10.6. The number of nitrogens with one attached hydrogen (secondary N) is 1. The Balaban J connectivity index is 2.75. The summed E-state index contributed by atoms with van der Waals surface area (Å²) in [6.07, 6.45) is -0.525. The fourth-order valence-corrected chi connectivity index (χ4v) is 2.66. The molecule has 1 aromatic carbocycles. The van der Waals surface area contributed by atoms with Crippen LogP contribution in [0.25, 0.3) is 0 Å². The molecule has 1 atom stereocenters. The van der Waals surface area contributed by atoms with Gasteiger partial charge in [0.05, 0.1) is 17.7 Å². The van der Waals surface area contributed by atoms with Crippen molar-refractivity contribution in [2.45, 2.75) is 38.8 Å². The maximum atomic E-state index is 12.4. The summed E-state index contributed by atoms with van der Waals surface area (Å²) in [7, 11) is 1.50. The second-order valence-electron chi connectivity index (χ2n) is 6.05. The van der Waals surface area contributed by atoms with Gasteiger partial charge in [-0.05, 0) is 39.0 Å². The molecule has 0 saturated heterocycles. The summed E-state index contributed by atoms with van der Waals surface area (Å²) in [5.41, 5.74) is -0.206. The third-order valence-corrected chi connectivity index (χ3v) is 3.56. The van der Waals surface area contributed by atoms with Crippen molar-refractivity contribution < 1.29 is 19.1 Å². The van der Waals surface area contributed by atoms with Crippen molar-refractivity contribution in [2.24, 2.45) is 0 Å². The van der Waals surface area contributed by atoms with Gasteiger partial charge in [0.25, 0.3) is 0 Å². The molecule has 1 unspecified atom stereocenters. The van der Waals surface area contributed by atoms with Gasteiger partial charge in [-0.25, -0.2) is 4.79 Å². The minimum atomic E-state index is -0.610. The normalized spacial score (nSPS) is 12.6. The second kappa shape index (κ2) is 8.66. The van der Waals surface area contributed by atoms with Crippen molar-refractivity contribution in [1.82, 2.24) is 5.32 Å². The minimum Gasteiger partial charge on any atom is -0.444 e. The molecule has 0 heterocycles. The third-order valence-electron chi connectivity index (χ3n) is 2.75. The van der Waals surface area contributed by atoms with Crippen LogP contribution in [-0.2, 0) is 9.47 Å². The maximum absolute atomic E-state index is 12.4. The van der Waals surface area contributed by atoms with Crippen LogP contribution in [0.5, 0.6) is 0 Å². The number of benzene rings is 1. The molecule has 1 amide bonds. The van der Waals surface area contributed by atoms with E-state index in [0.717, 1.165) is 4.47 Å². The summed E-state index contributed by atoms with van der Waals surface area (Å²) < 4.78 is 11.0. The van der Waals surface area contributed by atoms with Crippen molar-refractivity contribution in [3.8, 4) is 0 Å². The van der Waals surface area contributed by atoms with E-state index in [0.29, 0.717) is 10.6 Å². The molecule has 0 aliphatic rings. The predicted molar refractivity (Wildman–Crippen MR) is 93.1 cm³/mol. The van der Waals surface area contributed by atoms with Crippen molar-refractivity contribution in [2.75, 3.05) is 13.7 Å². The second-order valence-corrected chi connectivity index (χ2v) is 7.37. The lowest BCUT2D eigenvalue weighted by Gasteiger charge is -2.23. The number of hydrogen-bond acceptors (Lipinski definition) is 4. The smallest absolute Gasteiger partial charge is 0.407 e. The highest BCUT2D eigenvalue weighted by molar-refractivity contribution is 9.10. The molecule has 0 aromatic heterocycles. The molecule has 0 aliphatic heterocycles. The molecular weight excluding hydrogens is 386 g/mol. The SMILES string of the molecule is COCC(CC(=O)c1ccc(Br)cc1Cl)NC(=O)OC(C)(C)C. The van der Waals surface area contributed by atoms with Gasteiger partial charge in [-0.3, -0.25) is 4.79 Å². The number of amides is 1. The Hall–Kier alpha value is -1.11. The molecule has 1 N–H and O–H groups in total. The Bertz CT molecular complexity index is 572. The number of Topliss-reactive ketones (excluding diaryl/α,β-unsaturated/α-hetero) is 1. The topological polar surface area (TPSA) is 64.6 Å². The largest absolute Gasteiger partial charge is 0.444 e. The van der Waals surface area contributed by atoms with E-state index in [1.54, 1.807) is 39.0 Å². The molecule has 0 fully saturated rings. The molecule has 7 heteroatoms. The summed E-state index contributed by atoms with van der Waals surface area (Å²) >= 11 is 9.38. The van der Waals surface area contributed by atoms with Crippen LogP contribution in [0.2, 0.25) is 5.02 Å². The standard InChI is InChI=1S/C16H21BrClNO4/c1-16(2,3)23-15(21)19-11(9-22-4)8-14(20)12-6-5-10(17)7-13(12)18/h5-7,11H,8-9H2,1-4H3,(H,19,21). The number of alkyl carbamates (subject to hydrolysis) is 1. The molecule has 0 bridgehead atoms. The molecule has 1 rings (SSSR count). The van der Waals surface area contributed by atoms with Crippen LogP contribution in [0, 0.1) is 0 Å². The number of carbonyl (C=O) groups is 2. The molecular formula is C16H21BrClNO4. The number of ketones is 1. The highest BCUT2D eigenvalue weighted by atomic mass is 79.9. The molecule has 0 saturated carbocycles. The minimum absolute atomic E-state index is 0.0639. The Morgan fingerprint density at radius 2 is 2.00 bits per heavy atom. The molecule has 0 spiro atoms. The first-order valence-electron chi connectivity index (χ1n) is 7.09. The number of rotatable bonds is 6. The monoisotopic (exact) mass is 405 g/mol. The first-order valence-corrected chi connectivity index (χ1v) is 8.26. The van der Waals surface area contributed by atoms with E-state index < -0.39 is 17.7 Å². The Morgan fingerprint density at radius 3 is 2.52 bits per heavy atom. The van der Waals surface area contributed by atoms with E-state index in [1.807, 2.05) is 0 Å². The number of methoxy groups -OCH3 is 1. The van der Waals surface area contributed by atoms with Gasteiger partial charge in [0.2, 0.25) is 0 Å². The number of halogens is 2. The van der Waals surface area contributed by atoms with E-state index in [9.17, 15) is 9.59 Å². The Labute approximate surface area is 149 Å². The zero-order valence-electron chi connectivity index (χ0n) is 13.6. The zero-order chi connectivity index (χ0) is 17.6. The molecule has 1 aromatic rings. The molecule has 23 heavy (non-hydrogen) atoms. The Kier molecular flexibility index (Phi) is 7.51. The van der Waals surface area contributed by atoms with Gasteiger partial charge >= 0.3 is 6.09 Å². The summed E-state index contributed by atoms with van der Waals surface area (Å²) in [5.74, 6) is -0.180. The summed E-state index contributed by atoms with van der Waals surface area (Å²) in [5, 5.41) is 3.01.